The molecule has 0 aromatic heterocycles. The monoisotopic (exact) mass is 466 g/mol. The van der Waals surface area contributed by atoms with Gasteiger partial charge in [0.05, 0.1) is 16.0 Å². The molecule has 28 heavy (non-hydrogen) atoms. The molecule has 1 heterocycles. The molecule has 2 aromatic carbocycles. The summed E-state index contributed by atoms with van der Waals surface area (Å²) in [4.78, 5) is 12.7. The van der Waals surface area contributed by atoms with Crippen molar-refractivity contribution in [3.05, 3.63) is 52.5 Å². The molecule has 6 nitrogen and oxygen atoms in total. The second-order valence-corrected chi connectivity index (χ2v) is 9.38. The van der Waals surface area contributed by atoms with Crippen LogP contribution in [0.3, 0.4) is 0 Å². The van der Waals surface area contributed by atoms with Crippen molar-refractivity contribution in [3.63, 3.8) is 0 Å². The third kappa shape index (κ3) is 4.74. The van der Waals surface area contributed by atoms with Gasteiger partial charge < -0.3 is 10.1 Å². The number of hydrogen-bond donors (Lipinski definition) is 1. The second-order valence-electron chi connectivity index (χ2n) is 6.58. The van der Waals surface area contributed by atoms with E-state index >= 15 is 0 Å². The number of anilines is 1. The first kappa shape index (κ1) is 20.8. The second kappa shape index (κ2) is 9.07. The number of ether oxygens (including phenoxy) is 1. The van der Waals surface area contributed by atoms with Crippen molar-refractivity contribution in [1.29, 1.82) is 0 Å². The number of carbonyl (C=O) groups is 1. The smallest absolute Gasteiger partial charge is 0.255 e. The number of nitrogens with zero attached hydrogens (tertiary/aromatic N) is 1. The Bertz CT molecular complexity index is 939. The highest BCUT2D eigenvalue weighted by molar-refractivity contribution is 9.10. The standard InChI is InChI=1S/C20H23BrN2O4S/c1-2-13-27-19-10-5-15(14-18(19)21)20(24)22-16-6-8-17(9-7-16)28(25,26)23-11-3-4-12-23/h5-10,14H,2-4,11-13H2,1H3,(H,22,24). The van der Waals surface area contributed by atoms with E-state index in [1.807, 2.05) is 6.92 Å². The number of carbonyl (C=O) groups excluding carboxylic acids is 1. The van der Waals surface area contributed by atoms with Gasteiger partial charge in [-0.3, -0.25) is 4.79 Å². The number of rotatable bonds is 7. The van der Waals surface area contributed by atoms with Crippen LogP contribution in [-0.4, -0.2) is 38.3 Å². The summed E-state index contributed by atoms with van der Waals surface area (Å²) in [6, 6.07) is 11.4. The van der Waals surface area contributed by atoms with E-state index in [0.29, 0.717) is 41.2 Å². The third-order valence-corrected chi connectivity index (χ3v) is 7.00. The minimum atomic E-state index is -3.45. The van der Waals surface area contributed by atoms with Crippen molar-refractivity contribution >= 4 is 37.5 Å². The van der Waals surface area contributed by atoms with Crippen molar-refractivity contribution in [1.82, 2.24) is 4.31 Å². The lowest BCUT2D eigenvalue weighted by atomic mass is 10.2. The zero-order chi connectivity index (χ0) is 20.1. The molecule has 0 atom stereocenters. The Balaban J connectivity index is 1.68. The molecule has 0 radical (unpaired) electrons. The maximum absolute atomic E-state index is 12.6. The molecule has 1 amide bonds. The molecule has 0 aliphatic carbocycles. The van der Waals surface area contributed by atoms with Crippen LogP contribution in [0.15, 0.2) is 51.8 Å². The highest BCUT2D eigenvalue weighted by Gasteiger charge is 2.26. The minimum Gasteiger partial charge on any atom is -0.492 e. The number of benzene rings is 2. The number of nitrogens with one attached hydrogen (secondary N) is 1. The van der Waals surface area contributed by atoms with Crippen LogP contribution < -0.4 is 10.1 Å². The Morgan fingerprint density at radius 1 is 1.14 bits per heavy atom. The Labute approximate surface area is 174 Å². The Kier molecular flexibility index (Phi) is 6.74. The van der Waals surface area contributed by atoms with E-state index in [2.05, 4.69) is 21.2 Å². The van der Waals surface area contributed by atoms with Crippen LogP contribution in [0.4, 0.5) is 5.69 Å². The first-order valence-electron chi connectivity index (χ1n) is 9.25. The summed E-state index contributed by atoms with van der Waals surface area (Å²) in [5.41, 5.74) is 1.01. The molecule has 0 spiro atoms. The molecule has 8 heteroatoms. The van der Waals surface area contributed by atoms with E-state index in [1.54, 1.807) is 30.3 Å². The van der Waals surface area contributed by atoms with Crippen molar-refractivity contribution in [2.75, 3.05) is 25.0 Å². The lowest BCUT2D eigenvalue weighted by molar-refractivity contribution is 0.102. The van der Waals surface area contributed by atoms with Gasteiger partial charge >= 0.3 is 0 Å². The topological polar surface area (TPSA) is 75.7 Å². The van der Waals surface area contributed by atoms with Gasteiger partial charge in [-0.2, -0.15) is 4.31 Å². The average molecular weight is 467 g/mol. The summed E-state index contributed by atoms with van der Waals surface area (Å²) in [5.74, 6) is 0.410. The molecule has 0 saturated carbocycles. The quantitative estimate of drug-likeness (QED) is 0.660. The van der Waals surface area contributed by atoms with E-state index in [0.717, 1.165) is 19.3 Å². The van der Waals surface area contributed by atoms with Crippen molar-refractivity contribution < 1.29 is 17.9 Å². The van der Waals surface area contributed by atoms with E-state index in [4.69, 9.17) is 4.74 Å². The Morgan fingerprint density at radius 2 is 1.82 bits per heavy atom. The lowest BCUT2D eigenvalue weighted by Crippen LogP contribution is -2.27. The Morgan fingerprint density at radius 3 is 2.43 bits per heavy atom. The highest BCUT2D eigenvalue weighted by Crippen LogP contribution is 2.27. The molecule has 0 bridgehead atoms. The van der Waals surface area contributed by atoms with Crippen LogP contribution in [0, 0.1) is 0 Å². The van der Waals surface area contributed by atoms with Gasteiger partial charge in [-0.05, 0) is 77.7 Å². The van der Waals surface area contributed by atoms with Gasteiger partial charge in [0.15, 0.2) is 0 Å². The van der Waals surface area contributed by atoms with Crippen LogP contribution in [0.25, 0.3) is 0 Å². The van der Waals surface area contributed by atoms with Crippen LogP contribution in [0.1, 0.15) is 36.5 Å². The molecule has 1 aliphatic rings. The molecule has 0 unspecified atom stereocenters. The molecule has 1 N–H and O–H groups in total. The summed E-state index contributed by atoms with van der Waals surface area (Å²) >= 11 is 3.42. The van der Waals surface area contributed by atoms with E-state index < -0.39 is 10.0 Å². The van der Waals surface area contributed by atoms with Crippen LogP contribution in [0.5, 0.6) is 5.75 Å². The summed E-state index contributed by atoms with van der Waals surface area (Å²) in [6.07, 6.45) is 2.69. The maximum atomic E-state index is 12.6. The van der Waals surface area contributed by atoms with Crippen LogP contribution in [0.2, 0.25) is 0 Å². The number of hydrogen-bond acceptors (Lipinski definition) is 4. The summed E-state index contributed by atoms with van der Waals surface area (Å²) in [7, 11) is -3.45. The largest absolute Gasteiger partial charge is 0.492 e. The van der Waals surface area contributed by atoms with Gasteiger partial charge in [-0.25, -0.2) is 8.42 Å². The first-order chi connectivity index (χ1) is 13.4. The van der Waals surface area contributed by atoms with Gasteiger partial charge in [-0.1, -0.05) is 6.92 Å². The van der Waals surface area contributed by atoms with Crippen molar-refractivity contribution in [2.24, 2.45) is 0 Å². The summed E-state index contributed by atoms with van der Waals surface area (Å²) in [6.45, 7) is 3.76. The Hall–Kier alpha value is -1.90. The predicted octanol–water partition coefficient (Wildman–Crippen LogP) is 4.27. The van der Waals surface area contributed by atoms with E-state index in [9.17, 15) is 13.2 Å². The lowest BCUT2D eigenvalue weighted by Gasteiger charge is -2.15. The molecule has 1 aliphatic heterocycles. The fourth-order valence-corrected chi connectivity index (χ4v) is 4.97. The molecular formula is C20H23BrN2O4S. The molecule has 3 rings (SSSR count). The molecule has 1 saturated heterocycles. The third-order valence-electron chi connectivity index (χ3n) is 4.47. The fourth-order valence-electron chi connectivity index (χ4n) is 2.96. The maximum Gasteiger partial charge on any atom is 0.255 e. The molecule has 1 fully saturated rings. The van der Waals surface area contributed by atoms with Crippen molar-refractivity contribution in [2.45, 2.75) is 31.1 Å². The highest BCUT2D eigenvalue weighted by atomic mass is 79.9. The molecule has 150 valence electrons. The van der Waals surface area contributed by atoms with Gasteiger partial charge in [-0.15, -0.1) is 0 Å². The number of amides is 1. The first-order valence-corrected chi connectivity index (χ1v) is 11.5. The average Bonchev–Trinajstić information content (AvgIpc) is 3.23. The molecular weight excluding hydrogens is 444 g/mol. The normalized spacial score (nSPS) is 14.8. The molecule has 2 aromatic rings. The van der Waals surface area contributed by atoms with Crippen LogP contribution in [-0.2, 0) is 10.0 Å². The van der Waals surface area contributed by atoms with E-state index in [-0.39, 0.29) is 10.8 Å². The van der Waals surface area contributed by atoms with Crippen molar-refractivity contribution in [3.8, 4) is 5.75 Å². The van der Waals surface area contributed by atoms with E-state index in [1.165, 1.54) is 16.4 Å². The van der Waals surface area contributed by atoms with Gasteiger partial charge in [0, 0.05) is 24.3 Å². The zero-order valence-electron chi connectivity index (χ0n) is 15.7. The number of halogens is 1. The minimum absolute atomic E-state index is 0.243. The summed E-state index contributed by atoms with van der Waals surface area (Å²) in [5, 5.41) is 2.79. The van der Waals surface area contributed by atoms with Crippen LogP contribution >= 0.6 is 15.9 Å². The SMILES string of the molecule is CCCOc1ccc(C(=O)Nc2ccc(S(=O)(=O)N3CCCC3)cc2)cc1Br. The number of sulfonamides is 1. The van der Waals surface area contributed by atoms with Gasteiger partial charge in [0.1, 0.15) is 5.75 Å². The zero-order valence-corrected chi connectivity index (χ0v) is 18.1. The van der Waals surface area contributed by atoms with Gasteiger partial charge in [0.25, 0.3) is 5.91 Å². The predicted molar refractivity (Wildman–Crippen MR) is 112 cm³/mol. The fraction of sp³-hybridized carbons (Fsp3) is 0.350. The van der Waals surface area contributed by atoms with Gasteiger partial charge in [0.2, 0.25) is 10.0 Å². The summed E-state index contributed by atoms with van der Waals surface area (Å²) < 4.78 is 32.9.